The third kappa shape index (κ3) is 2.66. The Labute approximate surface area is 141 Å². The Morgan fingerprint density at radius 3 is 2.67 bits per heavy atom. The first-order chi connectivity index (χ1) is 11.6. The number of fused-ring (bicyclic) bond motifs is 1. The minimum Gasteiger partial charge on any atom is -0.268 e. The van der Waals surface area contributed by atoms with Gasteiger partial charge in [0.05, 0.1) is 28.5 Å². The van der Waals surface area contributed by atoms with Gasteiger partial charge in [0.2, 0.25) is 0 Å². The average Bonchev–Trinajstić information content (AvgIpc) is 2.95. The predicted octanol–water partition coefficient (Wildman–Crippen LogP) is 3.95. The van der Waals surface area contributed by atoms with Crippen LogP contribution in [0.25, 0.3) is 22.3 Å². The molecule has 0 amide bonds. The number of rotatable bonds is 4. The highest BCUT2D eigenvalue weighted by molar-refractivity contribution is 5.88. The van der Waals surface area contributed by atoms with Crippen LogP contribution in [0.4, 0.5) is 0 Å². The molecule has 124 valence electrons. The summed E-state index contributed by atoms with van der Waals surface area (Å²) in [5.74, 6) is 0. The molecule has 0 aromatic carbocycles. The number of pyridine rings is 1. The zero-order chi connectivity index (χ0) is 17.3. The van der Waals surface area contributed by atoms with Crippen molar-refractivity contribution in [2.24, 2.45) is 0 Å². The van der Waals surface area contributed by atoms with Crippen molar-refractivity contribution in [3.05, 3.63) is 58.7 Å². The van der Waals surface area contributed by atoms with E-state index in [1.807, 2.05) is 49.7 Å². The molecule has 0 spiro atoms. The van der Waals surface area contributed by atoms with Crippen LogP contribution in [0, 0.1) is 0 Å². The summed E-state index contributed by atoms with van der Waals surface area (Å²) in [6, 6.07) is 9.36. The van der Waals surface area contributed by atoms with Crippen molar-refractivity contribution in [3.63, 3.8) is 0 Å². The smallest absolute Gasteiger partial charge is 0.267 e. The third-order valence-corrected chi connectivity index (χ3v) is 4.14. The minimum atomic E-state index is -0.0893. The normalized spacial score (nSPS) is 12.3. The molecule has 0 saturated heterocycles. The van der Waals surface area contributed by atoms with Crippen molar-refractivity contribution < 1.29 is 0 Å². The zero-order valence-corrected chi connectivity index (χ0v) is 14.5. The van der Waals surface area contributed by atoms with Crippen LogP contribution in [0.3, 0.4) is 0 Å². The van der Waals surface area contributed by atoms with Gasteiger partial charge < -0.3 is 0 Å². The van der Waals surface area contributed by atoms with Gasteiger partial charge in [0.15, 0.2) is 0 Å². The summed E-state index contributed by atoms with van der Waals surface area (Å²) >= 11 is 0. The topological polar surface area (TPSA) is 52.2 Å². The molecule has 0 atom stereocenters. The Morgan fingerprint density at radius 1 is 1.21 bits per heavy atom. The Kier molecular flexibility index (Phi) is 4.34. The zero-order valence-electron chi connectivity index (χ0n) is 14.5. The van der Waals surface area contributed by atoms with Crippen LogP contribution in [0.1, 0.15) is 45.9 Å². The number of aromatic nitrogens is 4. The van der Waals surface area contributed by atoms with Crippen molar-refractivity contribution in [1.29, 1.82) is 0 Å². The van der Waals surface area contributed by atoms with E-state index in [1.165, 1.54) is 4.68 Å². The molecule has 3 rings (SSSR count). The molecular formula is C19H22N4O. The van der Waals surface area contributed by atoms with Crippen LogP contribution in [0.15, 0.2) is 47.4 Å². The largest absolute Gasteiger partial charge is 0.268 e. The molecule has 3 heterocycles. The van der Waals surface area contributed by atoms with Gasteiger partial charge in [0.1, 0.15) is 0 Å². The predicted molar refractivity (Wildman–Crippen MR) is 97.0 cm³/mol. The van der Waals surface area contributed by atoms with Gasteiger partial charge in [-0.15, -0.1) is 0 Å². The lowest BCUT2D eigenvalue weighted by molar-refractivity contribution is 0.505. The highest BCUT2D eigenvalue weighted by Gasteiger charge is 2.19. The number of nitrogens with zero attached hydrogens (tertiary/aromatic N) is 4. The van der Waals surface area contributed by atoms with E-state index in [0.717, 1.165) is 34.5 Å². The van der Waals surface area contributed by atoms with Gasteiger partial charge >= 0.3 is 0 Å². The van der Waals surface area contributed by atoms with Crippen molar-refractivity contribution in [2.75, 3.05) is 0 Å². The fourth-order valence-corrected chi connectivity index (χ4v) is 2.91. The maximum atomic E-state index is 12.0. The van der Waals surface area contributed by atoms with E-state index in [4.69, 9.17) is 5.10 Å². The van der Waals surface area contributed by atoms with E-state index in [9.17, 15) is 4.79 Å². The van der Waals surface area contributed by atoms with Crippen LogP contribution >= 0.6 is 0 Å². The number of hydrogen-bond donors (Lipinski definition) is 0. The van der Waals surface area contributed by atoms with E-state index < -0.39 is 0 Å². The van der Waals surface area contributed by atoms with Gasteiger partial charge in [-0.05, 0) is 51.0 Å². The van der Waals surface area contributed by atoms with Gasteiger partial charge in [-0.1, -0.05) is 19.1 Å². The van der Waals surface area contributed by atoms with Crippen LogP contribution in [0.5, 0.6) is 0 Å². The molecule has 0 unspecified atom stereocenters. The standard InChI is InChI=1S/C19H22N4O/c1-5-14(6-2)19-18(16-9-7-8-12-22(16)21-19)15-10-11-17(24)23(20-15)13(3)4/h5,7-13H,6H2,1-4H3/b14-5-. The Bertz CT molecular complexity index is 963. The molecule has 0 aliphatic carbocycles. The Balaban J connectivity index is 2.34. The lowest BCUT2D eigenvalue weighted by atomic mass is 10.0. The quantitative estimate of drug-likeness (QED) is 0.731. The number of hydrogen-bond acceptors (Lipinski definition) is 3. The summed E-state index contributed by atoms with van der Waals surface area (Å²) in [4.78, 5) is 12.0. The maximum absolute atomic E-state index is 12.0. The van der Waals surface area contributed by atoms with Gasteiger partial charge in [-0.25, -0.2) is 9.20 Å². The fourth-order valence-electron chi connectivity index (χ4n) is 2.91. The molecule has 0 bridgehead atoms. The molecule has 3 aromatic heterocycles. The molecule has 0 N–H and O–H groups in total. The summed E-state index contributed by atoms with van der Waals surface area (Å²) in [5.41, 5.74) is 4.73. The van der Waals surface area contributed by atoms with Crippen molar-refractivity contribution in [1.82, 2.24) is 19.4 Å². The highest BCUT2D eigenvalue weighted by atomic mass is 16.1. The summed E-state index contributed by atoms with van der Waals surface area (Å²) in [7, 11) is 0. The first-order valence-electron chi connectivity index (χ1n) is 8.30. The van der Waals surface area contributed by atoms with Gasteiger partial charge in [0.25, 0.3) is 5.56 Å². The maximum Gasteiger partial charge on any atom is 0.267 e. The summed E-state index contributed by atoms with van der Waals surface area (Å²) in [6.45, 7) is 8.05. The Hall–Kier alpha value is -2.69. The molecule has 0 aliphatic rings. The molecule has 3 aromatic rings. The van der Waals surface area contributed by atoms with Crippen LogP contribution in [-0.4, -0.2) is 19.4 Å². The fraction of sp³-hybridized carbons (Fsp3) is 0.316. The summed E-state index contributed by atoms with van der Waals surface area (Å²) in [5, 5.41) is 9.35. The minimum absolute atomic E-state index is 0.00935. The molecule has 24 heavy (non-hydrogen) atoms. The van der Waals surface area contributed by atoms with E-state index in [-0.39, 0.29) is 11.6 Å². The Morgan fingerprint density at radius 2 is 2.00 bits per heavy atom. The molecule has 0 radical (unpaired) electrons. The van der Waals surface area contributed by atoms with Gasteiger partial charge in [-0.2, -0.15) is 10.2 Å². The second kappa shape index (κ2) is 6.43. The molecule has 5 nitrogen and oxygen atoms in total. The summed E-state index contributed by atoms with van der Waals surface area (Å²) in [6.07, 6.45) is 4.91. The van der Waals surface area contributed by atoms with E-state index in [1.54, 1.807) is 12.1 Å². The molecule has 5 heteroatoms. The first kappa shape index (κ1) is 16.2. The molecular weight excluding hydrogens is 300 g/mol. The second-order valence-electron chi connectivity index (χ2n) is 6.02. The first-order valence-corrected chi connectivity index (χ1v) is 8.30. The van der Waals surface area contributed by atoms with E-state index in [0.29, 0.717) is 0 Å². The second-order valence-corrected chi connectivity index (χ2v) is 6.02. The van der Waals surface area contributed by atoms with Gasteiger partial charge in [0, 0.05) is 12.3 Å². The van der Waals surface area contributed by atoms with Crippen LogP contribution in [-0.2, 0) is 0 Å². The van der Waals surface area contributed by atoms with Crippen molar-refractivity contribution in [2.45, 2.75) is 40.2 Å². The van der Waals surface area contributed by atoms with Crippen LogP contribution in [0.2, 0.25) is 0 Å². The van der Waals surface area contributed by atoms with Crippen molar-refractivity contribution >= 4 is 11.1 Å². The third-order valence-electron chi connectivity index (χ3n) is 4.14. The molecule has 0 fully saturated rings. The van der Waals surface area contributed by atoms with Crippen molar-refractivity contribution in [3.8, 4) is 11.3 Å². The lowest BCUT2D eigenvalue weighted by Gasteiger charge is -2.11. The lowest BCUT2D eigenvalue weighted by Crippen LogP contribution is -2.23. The highest BCUT2D eigenvalue weighted by Crippen LogP contribution is 2.32. The molecule has 0 saturated carbocycles. The summed E-state index contributed by atoms with van der Waals surface area (Å²) < 4.78 is 3.39. The average molecular weight is 322 g/mol. The number of allylic oxidation sites excluding steroid dienone is 2. The van der Waals surface area contributed by atoms with Crippen LogP contribution < -0.4 is 5.56 Å². The molecule has 0 aliphatic heterocycles. The monoisotopic (exact) mass is 322 g/mol. The van der Waals surface area contributed by atoms with Gasteiger partial charge in [-0.3, -0.25) is 4.79 Å². The SMILES string of the molecule is C/C=C(/CC)c1nn2ccccc2c1-c1ccc(=O)n(C(C)C)n1. The van der Waals surface area contributed by atoms with E-state index in [2.05, 4.69) is 18.1 Å². The van der Waals surface area contributed by atoms with E-state index >= 15 is 0 Å².